The summed E-state index contributed by atoms with van der Waals surface area (Å²) < 4.78 is 10.6. The van der Waals surface area contributed by atoms with Crippen LogP contribution in [0.15, 0.2) is 36.4 Å². The van der Waals surface area contributed by atoms with Gasteiger partial charge in [0.25, 0.3) is 0 Å². The maximum atomic E-state index is 11.0. The number of hydrogen-bond donors (Lipinski definition) is 1. The Morgan fingerprint density at radius 3 is 2.58 bits per heavy atom. The standard InChI is InChI=1S/C15H20O4/c1-3-5-10-19-13-8-6-12(7-9-13)11-14(15(16)17)18-4-2/h3,5-9,14H,4,10-11H2,1-2H3,(H,16,17). The van der Waals surface area contributed by atoms with E-state index in [2.05, 4.69) is 0 Å². The van der Waals surface area contributed by atoms with Crippen LogP contribution < -0.4 is 4.74 Å². The number of rotatable bonds is 8. The molecule has 0 saturated heterocycles. The number of hydrogen-bond acceptors (Lipinski definition) is 3. The van der Waals surface area contributed by atoms with Crippen molar-refractivity contribution in [1.82, 2.24) is 0 Å². The molecule has 0 heterocycles. The van der Waals surface area contributed by atoms with Crippen molar-refractivity contribution in [2.45, 2.75) is 26.4 Å². The summed E-state index contributed by atoms with van der Waals surface area (Å²) in [6, 6.07) is 7.40. The number of allylic oxidation sites excluding steroid dienone is 1. The van der Waals surface area contributed by atoms with E-state index in [0.29, 0.717) is 19.6 Å². The number of ether oxygens (including phenoxy) is 2. The fourth-order valence-corrected chi connectivity index (χ4v) is 1.60. The first-order valence-corrected chi connectivity index (χ1v) is 6.34. The predicted molar refractivity (Wildman–Crippen MR) is 73.5 cm³/mol. The van der Waals surface area contributed by atoms with Crippen LogP contribution in [0.5, 0.6) is 5.75 Å². The van der Waals surface area contributed by atoms with E-state index in [1.54, 1.807) is 6.92 Å². The Bertz CT molecular complexity index is 409. The Morgan fingerprint density at radius 2 is 2.05 bits per heavy atom. The van der Waals surface area contributed by atoms with Crippen molar-refractivity contribution in [3.05, 3.63) is 42.0 Å². The molecular formula is C15H20O4. The molecule has 1 aromatic rings. The quantitative estimate of drug-likeness (QED) is 0.733. The molecule has 0 bridgehead atoms. The SMILES string of the molecule is CC=CCOc1ccc(CC(OCC)C(=O)O)cc1. The first-order chi connectivity index (χ1) is 9.17. The van der Waals surface area contributed by atoms with Crippen LogP contribution in [-0.2, 0) is 16.0 Å². The topological polar surface area (TPSA) is 55.8 Å². The third-order valence-electron chi connectivity index (χ3n) is 2.57. The molecule has 0 saturated carbocycles. The maximum Gasteiger partial charge on any atom is 0.333 e. The number of aliphatic carboxylic acids is 1. The lowest BCUT2D eigenvalue weighted by Gasteiger charge is -2.12. The fourth-order valence-electron chi connectivity index (χ4n) is 1.60. The molecule has 0 aliphatic carbocycles. The zero-order valence-corrected chi connectivity index (χ0v) is 11.3. The average Bonchev–Trinajstić information content (AvgIpc) is 2.40. The molecule has 1 unspecified atom stereocenters. The van der Waals surface area contributed by atoms with Gasteiger partial charge in [-0.15, -0.1) is 0 Å². The minimum atomic E-state index is -0.935. The first kappa shape index (κ1) is 15.2. The van der Waals surface area contributed by atoms with Crippen LogP contribution in [0.4, 0.5) is 0 Å². The average molecular weight is 264 g/mol. The lowest BCUT2D eigenvalue weighted by molar-refractivity contribution is -0.149. The lowest BCUT2D eigenvalue weighted by atomic mass is 10.1. The number of carbonyl (C=O) groups is 1. The maximum absolute atomic E-state index is 11.0. The summed E-state index contributed by atoms with van der Waals surface area (Å²) in [4.78, 5) is 11.0. The van der Waals surface area contributed by atoms with Gasteiger partial charge in [0.2, 0.25) is 0 Å². The minimum Gasteiger partial charge on any atom is -0.490 e. The summed E-state index contributed by atoms with van der Waals surface area (Å²) in [6.07, 6.45) is 3.41. The van der Waals surface area contributed by atoms with E-state index in [1.807, 2.05) is 43.3 Å². The second-order valence-corrected chi connectivity index (χ2v) is 4.01. The Morgan fingerprint density at radius 1 is 1.37 bits per heavy atom. The Kier molecular flexibility index (Phi) is 6.68. The van der Waals surface area contributed by atoms with Crippen molar-refractivity contribution < 1.29 is 19.4 Å². The normalized spacial score (nSPS) is 12.5. The van der Waals surface area contributed by atoms with E-state index in [4.69, 9.17) is 14.6 Å². The van der Waals surface area contributed by atoms with Gasteiger partial charge < -0.3 is 14.6 Å². The van der Waals surface area contributed by atoms with Crippen molar-refractivity contribution in [3.8, 4) is 5.75 Å². The molecule has 19 heavy (non-hydrogen) atoms. The molecule has 0 aliphatic heterocycles. The highest BCUT2D eigenvalue weighted by molar-refractivity contribution is 5.72. The summed E-state index contributed by atoms with van der Waals surface area (Å²) in [6.45, 7) is 4.65. The van der Waals surface area contributed by atoms with Crippen LogP contribution in [0, 0.1) is 0 Å². The van der Waals surface area contributed by atoms with Crippen LogP contribution in [0.1, 0.15) is 19.4 Å². The summed E-state index contributed by atoms with van der Waals surface area (Å²) in [5.41, 5.74) is 0.916. The Balaban J connectivity index is 2.57. The summed E-state index contributed by atoms with van der Waals surface area (Å²) >= 11 is 0. The molecule has 0 amide bonds. The third-order valence-corrected chi connectivity index (χ3v) is 2.57. The van der Waals surface area contributed by atoms with Gasteiger partial charge in [-0.3, -0.25) is 0 Å². The van der Waals surface area contributed by atoms with Gasteiger partial charge in [-0.1, -0.05) is 24.3 Å². The van der Waals surface area contributed by atoms with Crippen LogP contribution in [0.2, 0.25) is 0 Å². The molecule has 0 aliphatic rings. The van der Waals surface area contributed by atoms with Crippen LogP contribution in [-0.4, -0.2) is 30.4 Å². The first-order valence-electron chi connectivity index (χ1n) is 6.34. The van der Waals surface area contributed by atoms with Gasteiger partial charge in [0.1, 0.15) is 12.4 Å². The molecule has 1 atom stereocenters. The molecule has 4 heteroatoms. The van der Waals surface area contributed by atoms with Crippen molar-refractivity contribution in [2.24, 2.45) is 0 Å². The van der Waals surface area contributed by atoms with Gasteiger partial charge in [-0.25, -0.2) is 4.79 Å². The Labute approximate surface area is 113 Å². The van der Waals surface area contributed by atoms with Crippen molar-refractivity contribution >= 4 is 5.97 Å². The van der Waals surface area contributed by atoms with Crippen LogP contribution in [0.3, 0.4) is 0 Å². The summed E-state index contributed by atoms with van der Waals surface area (Å²) in [7, 11) is 0. The molecule has 4 nitrogen and oxygen atoms in total. The number of benzene rings is 1. The Hall–Kier alpha value is -1.81. The second kappa shape index (κ2) is 8.32. The zero-order chi connectivity index (χ0) is 14.1. The van der Waals surface area contributed by atoms with E-state index in [1.165, 1.54) is 0 Å². The molecular weight excluding hydrogens is 244 g/mol. The highest BCUT2D eigenvalue weighted by Crippen LogP contribution is 2.14. The molecule has 1 aromatic carbocycles. The van der Waals surface area contributed by atoms with E-state index in [0.717, 1.165) is 11.3 Å². The third kappa shape index (κ3) is 5.57. The van der Waals surface area contributed by atoms with E-state index in [-0.39, 0.29) is 0 Å². The number of carboxylic acid groups (broad SMARTS) is 1. The highest BCUT2D eigenvalue weighted by Gasteiger charge is 2.17. The number of carboxylic acids is 1. The van der Waals surface area contributed by atoms with Gasteiger partial charge in [-0.05, 0) is 31.5 Å². The van der Waals surface area contributed by atoms with Crippen LogP contribution in [0.25, 0.3) is 0 Å². The van der Waals surface area contributed by atoms with Gasteiger partial charge in [-0.2, -0.15) is 0 Å². The van der Waals surface area contributed by atoms with Crippen molar-refractivity contribution in [3.63, 3.8) is 0 Å². The van der Waals surface area contributed by atoms with Crippen molar-refractivity contribution in [2.75, 3.05) is 13.2 Å². The predicted octanol–water partition coefficient (Wildman–Crippen LogP) is 2.67. The zero-order valence-electron chi connectivity index (χ0n) is 11.3. The largest absolute Gasteiger partial charge is 0.490 e. The monoisotopic (exact) mass is 264 g/mol. The molecule has 1 rings (SSSR count). The van der Waals surface area contributed by atoms with E-state index < -0.39 is 12.1 Å². The second-order valence-electron chi connectivity index (χ2n) is 4.01. The summed E-state index contributed by atoms with van der Waals surface area (Å²) in [5, 5.41) is 9.01. The summed E-state index contributed by atoms with van der Waals surface area (Å²) in [5.74, 6) is -0.166. The smallest absolute Gasteiger partial charge is 0.333 e. The molecule has 0 radical (unpaired) electrons. The fraction of sp³-hybridized carbons (Fsp3) is 0.400. The molecule has 1 N–H and O–H groups in total. The van der Waals surface area contributed by atoms with E-state index in [9.17, 15) is 4.79 Å². The lowest BCUT2D eigenvalue weighted by Crippen LogP contribution is -2.26. The molecule has 0 fully saturated rings. The minimum absolute atomic E-state index is 0.359. The molecule has 0 spiro atoms. The van der Waals surface area contributed by atoms with Gasteiger partial charge >= 0.3 is 5.97 Å². The highest BCUT2D eigenvalue weighted by atomic mass is 16.5. The van der Waals surface area contributed by atoms with Crippen LogP contribution >= 0.6 is 0 Å². The van der Waals surface area contributed by atoms with Gasteiger partial charge in [0.05, 0.1) is 0 Å². The van der Waals surface area contributed by atoms with Gasteiger partial charge in [0, 0.05) is 13.0 Å². The van der Waals surface area contributed by atoms with E-state index >= 15 is 0 Å². The molecule has 104 valence electrons. The van der Waals surface area contributed by atoms with Gasteiger partial charge in [0.15, 0.2) is 6.10 Å². The van der Waals surface area contributed by atoms with Crippen molar-refractivity contribution in [1.29, 1.82) is 0 Å². The molecule has 0 aromatic heterocycles.